The number of carbonyl (C=O) groups is 1. The average Bonchev–Trinajstić information content (AvgIpc) is 3.04. The van der Waals surface area contributed by atoms with Crippen LogP contribution in [0.25, 0.3) is 0 Å². The zero-order valence-electron chi connectivity index (χ0n) is 11.3. The number of esters is 1. The van der Waals surface area contributed by atoms with Crippen molar-refractivity contribution in [3.8, 4) is 0 Å². The molecule has 2 aliphatic carbocycles. The molecule has 0 aromatic rings. The Kier molecular flexibility index (Phi) is 2.14. The van der Waals surface area contributed by atoms with Crippen LogP contribution in [0.3, 0.4) is 0 Å². The molecule has 4 rings (SSSR count). The Hall–Kier alpha value is -0.870. The monoisotopic (exact) mass is 264 g/mol. The van der Waals surface area contributed by atoms with Crippen molar-refractivity contribution in [2.75, 3.05) is 0 Å². The van der Waals surface area contributed by atoms with Gasteiger partial charge >= 0.3 is 5.97 Å². The van der Waals surface area contributed by atoms with Crippen LogP contribution in [0.5, 0.6) is 0 Å². The summed E-state index contributed by atoms with van der Waals surface area (Å²) < 4.78 is 11.1. The second-order valence-corrected chi connectivity index (χ2v) is 7.03. The predicted molar refractivity (Wildman–Crippen MR) is 67.2 cm³/mol. The van der Waals surface area contributed by atoms with Gasteiger partial charge in [0.1, 0.15) is 12.2 Å². The molecule has 104 valence electrons. The lowest BCUT2D eigenvalue weighted by atomic mass is 9.68. The van der Waals surface area contributed by atoms with E-state index in [-0.39, 0.29) is 35.6 Å². The maximum atomic E-state index is 11.7. The molecule has 4 nitrogen and oxygen atoms in total. The van der Waals surface area contributed by atoms with Crippen LogP contribution in [0.2, 0.25) is 0 Å². The third kappa shape index (κ3) is 1.34. The van der Waals surface area contributed by atoms with Crippen molar-refractivity contribution in [2.45, 2.75) is 51.1 Å². The van der Waals surface area contributed by atoms with Crippen molar-refractivity contribution in [3.63, 3.8) is 0 Å². The second kappa shape index (κ2) is 3.41. The minimum Gasteiger partial charge on any atom is -0.458 e. The number of carbonyl (C=O) groups excluding carboxylic acids is 1. The standard InChI is InChI=1S/C15H20O4/c1-6-4-9-8(7(2)14(17)18-9)5-15(3)10(6)11-12(19-11)13(15)16/h6,8-13,16H,2,4-5H2,1,3H3. The van der Waals surface area contributed by atoms with Gasteiger partial charge in [0.05, 0.1) is 12.2 Å². The van der Waals surface area contributed by atoms with Crippen LogP contribution in [-0.4, -0.2) is 35.5 Å². The van der Waals surface area contributed by atoms with E-state index in [9.17, 15) is 9.90 Å². The van der Waals surface area contributed by atoms with E-state index in [4.69, 9.17) is 9.47 Å². The fourth-order valence-electron chi connectivity index (χ4n) is 4.98. The van der Waals surface area contributed by atoms with E-state index in [1.165, 1.54) is 0 Å². The summed E-state index contributed by atoms with van der Waals surface area (Å²) >= 11 is 0. The molecule has 8 unspecified atom stereocenters. The number of aliphatic hydroxyl groups is 1. The van der Waals surface area contributed by atoms with Gasteiger partial charge in [0.2, 0.25) is 0 Å². The highest BCUT2D eigenvalue weighted by Gasteiger charge is 2.70. The summed E-state index contributed by atoms with van der Waals surface area (Å²) in [6, 6.07) is 0. The number of ether oxygens (including phenoxy) is 2. The van der Waals surface area contributed by atoms with Crippen LogP contribution in [0, 0.1) is 23.2 Å². The van der Waals surface area contributed by atoms with Gasteiger partial charge in [-0.1, -0.05) is 20.4 Å². The van der Waals surface area contributed by atoms with Gasteiger partial charge in [-0.15, -0.1) is 0 Å². The lowest BCUT2D eigenvalue weighted by Gasteiger charge is -2.38. The summed E-state index contributed by atoms with van der Waals surface area (Å²) in [5.74, 6) is 0.575. The molecule has 2 heterocycles. The highest BCUT2D eigenvalue weighted by atomic mass is 16.6. The summed E-state index contributed by atoms with van der Waals surface area (Å²) in [4.78, 5) is 11.7. The SMILES string of the molecule is C=C1C(=O)OC2CC(C)C3C4OC4C(O)C3(C)CC12. The first-order valence-corrected chi connectivity index (χ1v) is 7.17. The van der Waals surface area contributed by atoms with Crippen molar-refractivity contribution in [3.05, 3.63) is 12.2 Å². The topological polar surface area (TPSA) is 59.1 Å². The number of rotatable bonds is 0. The molecule has 2 saturated heterocycles. The van der Waals surface area contributed by atoms with Gasteiger partial charge in [-0.2, -0.15) is 0 Å². The van der Waals surface area contributed by atoms with E-state index in [2.05, 4.69) is 20.4 Å². The number of epoxide rings is 1. The number of hydrogen-bond acceptors (Lipinski definition) is 4. The molecular weight excluding hydrogens is 244 g/mol. The lowest BCUT2D eigenvalue weighted by molar-refractivity contribution is -0.139. The van der Waals surface area contributed by atoms with E-state index >= 15 is 0 Å². The molecule has 8 atom stereocenters. The highest BCUT2D eigenvalue weighted by molar-refractivity contribution is 5.90. The molecule has 1 N–H and O–H groups in total. The molecule has 0 radical (unpaired) electrons. The lowest BCUT2D eigenvalue weighted by Crippen LogP contribution is -2.40. The number of fused-ring (bicyclic) bond motifs is 4. The fraction of sp³-hybridized carbons (Fsp3) is 0.800. The van der Waals surface area contributed by atoms with Gasteiger partial charge in [0, 0.05) is 16.9 Å². The molecule has 2 saturated carbocycles. The largest absolute Gasteiger partial charge is 0.458 e. The quantitative estimate of drug-likeness (QED) is 0.407. The minimum absolute atomic E-state index is 0.0142. The van der Waals surface area contributed by atoms with Crippen molar-refractivity contribution in [2.24, 2.45) is 23.2 Å². The highest BCUT2D eigenvalue weighted by Crippen LogP contribution is 2.62. The van der Waals surface area contributed by atoms with Crippen LogP contribution in [-0.2, 0) is 14.3 Å². The van der Waals surface area contributed by atoms with Gasteiger partial charge < -0.3 is 14.6 Å². The van der Waals surface area contributed by atoms with Crippen LogP contribution < -0.4 is 0 Å². The predicted octanol–water partition coefficient (Wildman–Crippen LogP) is 1.28. The van der Waals surface area contributed by atoms with Crippen molar-refractivity contribution >= 4 is 5.97 Å². The molecule has 4 fully saturated rings. The maximum Gasteiger partial charge on any atom is 0.334 e. The summed E-state index contributed by atoms with van der Waals surface area (Å²) in [5.41, 5.74) is 0.413. The normalized spacial score (nSPS) is 59.0. The Bertz CT molecular complexity index is 473. The Morgan fingerprint density at radius 2 is 2.16 bits per heavy atom. The zero-order valence-corrected chi connectivity index (χ0v) is 11.3. The summed E-state index contributed by atoms with van der Waals surface area (Å²) in [5, 5.41) is 10.5. The maximum absolute atomic E-state index is 11.7. The second-order valence-electron chi connectivity index (χ2n) is 7.03. The van der Waals surface area contributed by atoms with E-state index < -0.39 is 6.10 Å². The van der Waals surface area contributed by atoms with Gasteiger partial charge in [-0.25, -0.2) is 4.79 Å². The summed E-state index contributed by atoms with van der Waals surface area (Å²) in [6.07, 6.45) is 1.39. The molecule has 4 heteroatoms. The summed E-state index contributed by atoms with van der Waals surface area (Å²) in [7, 11) is 0. The first kappa shape index (κ1) is 11.9. The molecule has 0 aromatic heterocycles. The number of hydrogen-bond donors (Lipinski definition) is 1. The van der Waals surface area contributed by atoms with E-state index in [0.717, 1.165) is 12.8 Å². The van der Waals surface area contributed by atoms with E-state index in [1.807, 2.05) is 0 Å². The zero-order chi connectivity index (χ0) is 13.5. The molecule has 19 heavy (non-hydrogen) atoms. The molecule has 0 aromatic carbocycles. The first-order valence-electron chi connectivity index (χ1n) is 7.17. The first-order chi connectivity index (χ1) is 8.93. The van der Waals surface area contributed by atoms with Crippen LogP contribution in [0.15, 0.2) is 12.2 Å². The van der Waals surface area contributed by atoms with E-state index in [0.29, 0.717) is 17.4 Å². The molecule has 0 amide bonds. The fourth-order valence-corrected chi connectivity index (χ4v) is 4.98. The molecule has 4 aliphatic rings. The Labute approximate surface area is 112 Å². The van der Waals surface area contributed by atoms with Gasteiger partial charge in [0.25, 0.3) is 0 Å². The van der Waals surface area contributed by atoms with Crippen LogP contribution >= 0.6 is 0 Å². The summed E-state index contributed by atoms with van der Waals surface area (Å²) in [6.45, 7) is 8.24. The Balaban J connectivity index is 1.73. The van der Waals surface area contributed by atoms with Crippen LogP contribution in [0.1, 0.15) is 26.7 Å². The number of aliphatic hydroxyl groups excluding tert-OH is 1. The van der Waals surface area contributed by atoms with Gasteiger partial charge in [0.15, 0.2) is 0 Å². The third-order valence-corrected chi connectivity index (χ3v) is 5.96. The van der Waals surface area contributed by atoms with Gasteiger partial charge in [-0.05, 0) is 24.7 Å². The van der Waals surface area contributed by atoms with Gasteiger partial charge in [-0.3, -0.25) is 0 Å². The smallest absolute Gasteiger partial charge is 0.334 e. The molecule has 0 bridgehead atoms. The van der Waals surface area contributed by atoms with Crippen molar-refractivity contribution in [1.29, 1.82) is 0 Å². The third-order valence-electron chi connectivity index (χ3n) is 5.96. The average molecular weight is 264 g/mol. The van der Waals surface area contributed by atoms with Crippen LogP contribution in [0.4, 0.5) is 0 Å². The Morgan fingerprint density at radius 3 is 2.89 bits per heavy atom. The van der Waals surface area contributed by atoms with Crippen molar-refractivity contribution < 1.29 is 19.4 Å². The molecular formula is C15H20O4. The molecule has 2 aliphatic heterocycles. The molecule has 0 spiro atoms. The van der Waals surface area contributed by atoms with E-state index in [1.54, 1.807) is 0 Å². The minimum atomic E-state index is -0.424. The van der Waals surface area contributed by atoms with Crippen molar-refractivity contribution in [1.82, 2.24) is 0 Å². The Morgan fingerprint density at radius 1 is 1.42 bits per heavy atom.